The lowest BCUT2D eigenvalue weighted by atomic mass is 9.88. The summed E-state index contributed by atoms with van der Waals surface area (Å²) in [5, 5.41) is 0.589. The Morgan fingerprint density at radius 2 is 1.83 bits per heavy atom. The van der Waals surface area contributed by atoms with Crippen LogP contribution in [-0.2, 0) is 16.6 Å². The van der Waals surface area contributed by atoms with Crippen molar-refractivity contribution in [2.45, 2.75) is 13.5 Å². The summed E-state index contributed by atoms with van der Waals surface area (Å²) in [6.07, 6.45) is 1.11. The lowest BCUT2D eigenvalue weighted by molar-refractivity contribution is 0.305. The van der Waals surface area contributed by atoms with E-state index in [4.69, 9.17) is 16.3 Å². The molecule has 1 aliphatic rings. The van der Waals surface area contributed by atoms with Crippen molar-refractivity contribution < 1.29 is 17.5 Å². The Balaban J connectivity index is 1.96. The summed E-state index contributed by atoms with van der Waals surface area (Å²) < 4.78 is 45.6. The van der Waals surface area contributed by atoms with Crippen molar-refractivity contribution in [3.63, 3.8) is 0 Å². The minimum Gasteiger partial charge on any atom is -0.488 e. The van der Waals surface area contributed by atoms with E-state index in [1.165, 1.54) is 12.1 Å². The van der Waals surface area contributed by atoms with Gasteiger partial charge in [-0.15, -0.1) is 0 Å². The number of rotatable bonds is 3. The van der Waals surface area contributed by atoms with Crippen molar-refractivity contribution in [3.8, 4) is 5.75 Å². The Bertz CT molecular complexity index is 1230. The number of ether oxygens (including phenoxy) is 1. The Kier molecular flexibility index (Phi) is 5.30. The minimum atomic E-state index is -3.40. The standard InChI is InChI=1S/C23H19ClFNO3S/c1-14(15-4-3-5-19(11-15)26-30(2,27)28)23-20-8-6-17(24)10-16(20)13-29-22-12-18(25)7-9-21(22)23/h3-12,26H,13H2,1-2H3. The topological polar surface area (TPSA) is 55.4 Å². The van der Waals surface area contributed by atoms with Gasteiger partial charge in [0.1, 0.15) is 18.2 Å². The zero-order chi connectivity index (χ0) is 21.5. The SMILES string of the molecule is CC(=C1c2ccc(Cl)cc2COc2cc(F)ccc21)c1cccc(NS(C)(=O)=O)c1. The Morgan fingerprint density at radius 1 is 1.07 bits per heavy atom. The van der Waals surface area contributed by atoms with Crippen molar-refractivity contribution in [2.24, 2.45) is 0 Å². The van der Waals surface area contributed by atoms with Gasteiger partial charge in [0.05, 0.1) is 6.26 Å². The first-order chi connectivity index (χ1) is 14.2. The maximum Gasteiger partial charge on any atom is 0.229 e. The molecule has 0 radical (unpaired) electrons. The average Bonchev–Trinajstić information content (AvgIpc) is 2.82. The van der Waals surface area contributed by atoms with Crippen LogP contribution < -0.4 is 9.46 Å². The number of hydrogen-bond donors (Lipinski definition) is 1. The van der Waals surface area contributed by atoms with Crippen LogP contribution in [0.5, 0.6) is 5.75 Å². The summed E-state index contributed by atoms with van der Waals surface area (Å²) in [5.41, 5.74) is 5.66. The number of benzene rings is 3. The molecule has 0 saturated heterocycles. The normalized spacial score (nSPS) is 14.8. The molecule has 0 aromatic heterocycles. The molecule has 154 valence electrons. The van der Waals surface area contributed by atoms with E-state index >= 15 is 0 Å². The fourth-order valence-electron chi connectivity index (χ4n) is 3.63. The van der Waals surface area contributed by atoms with Crippen LogP contribution in [0.25, 0.3) is 11.1 Å². The van der Waals surface area contributed by atoms with E-state index in [0.29, 0.717) is 16.5 Å². The Labute approximate surface area is 180 Å². The largest absolute Gasteiger partial charge is 0.488 e. The van der Waals surface area contributed by atoms with E-state index in [-0.39, 0.29) is 12.4 Å². The van der Waals surface area contributed by atoms with Crippen LogP contribution >= 0.6 is 11.6 Å². The number of fused-ring (bicyclic) bond motifs is 2. The van der Waals surface area contributed by atoms with Crippen molar-refractivity contribution >= 4 is 38.5 Å². The van der Waals surface area contributed by atoms with Crippen molar-refractivity contribution in [1.29, 1.82) is 0 Å². The third-order valence-electron chi connectivity index (χ3n) is 4.91. The van der Waals surface area contributed by atoms with Gasteiger partial charge in [0.15, 0.2) is 0 Å². The summed E-state index contributed by atoms with van der Waals surface area (Å²) in [6, 6.07) is 17.2. The van der Waals surface area contributed by atoms with Crippen molar-refractivity contribution in [2.75, 3.05) is 11.0 Å². The summed E-state index contributed by atoms with van der Waals surface area (Å²) in [5.74, 6) is 0.0659. The molecule has 0 fully saturated rings. The molecule has 3 aromatic carbocycles. The number of anilines is 1. The first-order valence-corrected chi connectivity index (χ1v) is 11.5. The predicted octanol–water partition coefficient (Wildman–Crippen LogP) is 5.72. The second-order valence-electron chi connectivity index (χ2n) is 7.19. The molecule has 1 N–H and O–H groups in total. The molecule has 4 nitrogen and oxygen atoms in total. The number of halogens is 2. The summed E-state index contributed by atoms with van der Waals surface area (Å²) in [7, 11) is -3.40. The molecule has 3 aromatic rings. The molecule has 1 heterocycles. The fraction of sp³-hybridized carbons (Fsp3) is 0.130. The third-order valence-corrected chi connectivity index (χ3v) is 5.75. The second-order valence-corrected chi connectivity index (χ2v) is 9.37. The Morgan fingerprint density at radius 3 is 2.60 bits per heavy atom. The number of allylic oxidation sites excluding steroid dienone is 1. The van der Waals surface area contributed by atoms with Crippen LogP contribution in [0.3, 0.4) is 0 Å². The van der Waals surface area contributed by atoms with Gasteiger partial charge in [-0.3, -0.25) is 4.72 Å². The summed E-state index contributed by atoms with van der Waals surface area (Å²) >= 11 is 6.20. The third kappa shape index (κ3) is 4.20. The molecule has 0 bridgehead atoms. The molecular weight excluding hydrogens is 425 g/mol. The van der Waals surface area contributed by atoms with Crippen LogP contribution in [-0.4, -0.2) is 14.7 Å². The van der Waals surface area contributed by atoms with Crippen LogP contribution in [0.4, 0.5) is 10.1 Å². The van der Waals surface area contributed by atoms with Gasteiger partial charge in [0, 0.05) is 22.3 Å². The first kappa shape index (κ1) is 20.4. The summed E-state index contributed by atoms with van der Waals surface area (Å²) in [6.45, 7) is 2.21. The maximum atomic E-state index is 13.9. The fourth-order valence-corrected chi connectivity index (χ4v) is 4.38. The van der Waals surface area contributed by atoms with Gasteiger partial charge in [-0.05, 0) is 71.2 Å². The number of nitrogens with one attached hydrogen (secondary N) is 1. The highest BCUT2D eigenvalue weighted by atomic mass is 35.5. The molecule has 0 amide bonds. The van der Waals surface area contributed by atoms with Crippen LogP contribution in [0, 0.1) is 5.82 Å². The monoisotopic (exact) mass is 443 g/mol. The van der Waals surface area contributed by atoms with Crippen molar-refractivity contribution in [3.05, 3.63) is 93.8 Å². The van der Waals surface area contributed by atoms with Gasteiger partial charge in [0.25, 0.3) is 0 Å². The van der Waals surface area contributed by atoms with Crippen LogP contribution in [0.2, 0.25) is 5.02 Å². The lowest BCUT2D eigenvalue weighted by Gasteiger charge is -2.16. The molecular formula is C23H19ClFNO3S. The van der Waals surface area contributed by atoms with E-state index in [1.54, 1.807) is 24.3 Å². The molecule has 30 heavy (non-hydrogen) atoms. The smallest absolute Gasteiger partial charge is 0.229 e. The van der Waals surface area contributed by atoms with Crippen LogP contribution in [0.15, 0.2) is 60.7 Å². The van der Waals surface area contributed by atoms with E-state index in [0.717, 1.165) is 39.7 Å². The summed E-state index contributed by atoms with van der Waals surface area (Å²) in [4.78, 5) is 0. The van der Waals surface area contributed by atoms with E-state index < -0.39 is 10.0 Å². The minimum absolute atomic E-state index is 0.263. The molecule has 7 heteroatoms. The maximum absolute atomic E-state index is 13.9. The molecule has 0 aliphatic carbocycles. The van der Waals surface area contributed by atoms with Gasteiger partial charge in [-0.25, -0.2) is 12.8 Å². The second kappa shape index (κ2) is 7.78. The van der Waals surface area contributed by atoms with E-state index in [9.17, 15) is 12.8 Å². The molecule has 0 atom stereocenters. The molecule has 4 rings (SSSR count). The molecule has 0 saturated carbocycles. The van der Waals surface area contributed by atoms with Crippen LogP contribution in [0.1, 0.15) is 29.2 Å². The Hall–Kier alpha value is -2.83. The number of hydrogen-bond acceptors (Lipinski definition) is 3. The highest BCUT2D eigenvalue weighted by Crippen LogP contribution is 2.42. The van der Waals surface area contributed by atoms with E-state index in [1.807, 2.05) is 31.2 Å². The molecule has 0 spiro atoms. The van der Waals surface area contributed by atoms with Gasteiger partial charge < -0.3 is 4.74 Å². The van der Waals surface area contributed by atoms with Gasteiger partial charge in [0.2, 0.25) is 10.0 Å². The number of sulfonamides is 1. The molecule has 1 aliphatic heterocycles. The first-order valence-electron chi connectivity index (χ1n) is 9.22. The zero-order valence-electron chi connectivity index (χ0n) is 16.4. The predicted molar refractivity (Wildman–Crippen MR) is 119 cm³/mol. The van der Waals surface area contributed by atoms with Gasteiger partial charge in [-0.1, -0.05) is 29.8 Å². The molecule has 0 unspecified atom stereocenters. The average molecular weight is 444 g/mol. The lowest BCUT2D eigenvalue weighted by Crippen LogP contribution is -2.09. The van der Waals surface area contributed by atoms with Gasteiger partial charge >= 0.3 is 0 Å². The van der Waals surface area contributed by atoms with Gasteiger partial charge in [-0.2, -0.15) is 0 Å². The van der Waals surface area contributed by atoms with E-state index in [2.05, 4.69) is 4.72 Å². The van der Waals surface area contributed by atoms with Crippen molar-refractivity contribution in [1.82, 2.24) is 0 Å². The highest BCUT2D eigenvalue weighted by molar-refractivity contribution is 7.92. The quantitative estimate of drug-likeness (QED) is 0.563. The highest BCUT2D eigenvalue weighted by Gasteiger charge is 2.22. The zero-order valence-corrected chi connectivity index (χ0v) is 17.9.